The number of thiophene rings is 1. The third kappa shape index (κ3) is 2.81. The molecule has 5 nitrogen and oxygen atoms in total. The van der Waals surface area contributed by atoms with E-state index in [4.69, 9.17) is 4.74 Å². The van der Waals surface area contributed by atoms with E-state index < -0.39 is 0 Å². The molecule has 0 aromatic carbocycles. The molecule has 0 saturated carbocycles. The minimum absolute atomic E-state index is 0.0489. The number of rotatable bonds is 2. The average molecular weight is 331 g/mol. The summed E-state index contributed by atoms with van der Waals surface area (Å²) in [5.41, 5.74) is 1.22. The number of aromatic nitrogens is 2. The summed E-state index contributed by atoms with van der Waals surface area (Å²) in [5.74, 6) is 0.597. The maximum absolute atomic E-state index is 12.4. The molecule has 2 saturated heterocycles. The van der Waals surface area contributed by atoms with Crippen LogP contribution >= 0.6 is 11.3 Å². The fourth-order valence-corrected chi connectivity index (χ4v) is 4.42. The fourth-order valence-electron chi connectivity index (χ4n) is 3.73. The van der Waals surface area contributed by atoms with Crippen molar-refractivity contribution in [2.45, 2.75) is 30.8 Å². The second-order valence-corrected chi connectivity index (χ2v) is 7.56. The molecular weight excluding hydrogens is 310 g/mol. The van der Waals surface area contributed by atoms with Crippen molar-refractivity contribution in [2.75, 3.05) is 19.7 Å². The van der Waals surface area contributed by atoms with Gasteiger partial charge in [-0.25, -0.2) is 0 Å². The summed E-state index contributed by atoms with van der Waals surface area (Å²) in [5, 5.41) is 6.22. The van der Waals surface area contributed by atoms with Crippen LogP contribution in [-0.4, -0.2) is 45.9 Å². The van der Waals surface area contributed by atoms with E-state index in [0.717, 1.165) is 43.8 Å². The molecule has 2 aliphatic heterocycles. The lowest BCUT2D eigenvalue weighted by molar-refractivity contribution is -0.0388. The molecule has 0 N–H and O–H groups in total. The lowest BCUT2D eigenvalue weighted by Crippen LogP contribution is -2.46. The van der Waals surface area contributed by atoms with Crippen LogP contribution in [0.5, 0.6) is 0 Å². The number of hydrogen-bond acceptors (Lipinski definition) is 4. The van der Waals surface area contributed by atoms with Crippen molar-refractivity contribution in [3.8, 4) is 0 Å². The van der Waals surface area contributed by atoms with Crippen molar-refractivity contribution in [2.24, 2.45) is 7.05 Å². The molecule has 1 unspecified atom stereocenters. The Morgan fingerprint density at radius 3 is 2.91 bits per heavy atom. The van der Waals surface area contributed by atoms with E-state index >= 15 is 0 Å². The Labute approximate surface area is 139 Å². The van der Waals surface area contributed by atoms with Crippen LogP contribution in [0.15, 0.2) is 29.9 Å². The van der Waals surface area contributed by atoms with Crippen LogP contribution in [0.1, 0.15) is 40.4 Å². The van der Waals surface area contributed by atoms with Crippen molar-refractivity contribution in [3.63, 3.8) is 0 Å². The topological polar surface area (TPSA) is 47.4 Å². The number of amides is 1. The molecular formula is C17H21N3O2S. The second-order valence-electron chi connectivity index (χ2n) is 6.61. The summed E-state index contributed by atoms with van der Waals surface area (Å²) in [4.78, 5) is 15.2. The molecule has 1 atom stereocenters. The van der Waals surface area contributed by atoms with Gasteiger partial charge < -0.3 is 9.64 Å². The Morgan fingerprint density at radius 1 is 1.43 bits per heavy atom. The number of piperidine rings is 1. The third-order valence-corrected chi connectivity index (χ3v) is 5.96. The number of carbonyl (C=O) groups excluding carboxylic acids is 1. The van der Waals surface area contributed by atoms with Gasteiger partial charge in [0.05, 0.1) is 23.3 Å². The van der Waals surface area contributed by atoms with E-state index in [2.05, 4.69) is 11.3 Å². The van der Waals surface area contributed by atoms with E-state index in [9.17, 15) is 4.79 Å². The Hall–Kier alpha value is -1.66. The summed E-state index contributed by atoms with van der Waals surface area (Å²) in [6.45, 7) is 2.34. The number of carbonyl (C=O) groups is 1. The summed E-state index contributed by atoms with van der Waals surface area (Å²) in [7, 11) is 1.95. The molecule has 23 heavy (non-hydrogen) atoms. The minimum atomic E-state index is -0.0489. The highest BCUT2D eigenvalue weighted by atomic mass is 32.1. The third-order valence-electron chi connectivity index (χ3n) is 5.10. The number of nitrogens with zero attached hydrogens (tertiary/aromatic N) is 3. The smallest absolute Gasteiger partial charge is 0.263 e. The monoisotopic (exact) mass is 331 g/mol. The van der Waals surface area contributed by atoms with Crippen molar-refractivity contribution in [1.82, 2.24) is 14.7 Å². The molecule has 1 spiro atoms. The predicted molar refractivity (Wildman–Crippen MR) is 88.7 cm³/mol. The van der Waals surface area contributed by atoms with Crippen LogP contribution in [0.3, 0.4) is 0 Å². The van der Waals surface area contributed by atoms with Crippen molar-refractivity contribution in [1.29, 1.82) is 0 Å². The largest absolute Gasteiger partial charge is 0.374 e. The van der Waals surface area contributed by atoms with Gasteiger partial charge in [-0.15, -0.1) is 11.3 Å². The standard InChI is InChI=1S/C17H21N3O2S/c1-19-11-14(10-18-19)13-9-17(22-12-13)4-6-20(7-5-17)16(21)15-3-2-8-23-15/h2-3,8,10-11,13H,4-7,9,12H2,1H3. The second kappa shape index (κ2) is 5.76. The van der Waals surface area contributed by atoms with Gasteiger partial charge in [0, 0.05) is 32.3 Å². The number of hydrogen-bond donors (Lipinski definition) is 0. The Bertz CT molecular complexity index is 687. The van der Waals surface area contributed by atoms with Crippen molar-refractivity contribution >= 4 is 17.2 Å². The van der Waals surface area contributed by atoms with Gasteiger partial charge in [-0.05, 0) is 36.3 Å². The molecule has 0 radical (unpaired) electrons. The number of aryl methyl sites for hydroxylation is 1. The van der Waals surface area contributed by atoms with Gasteiger partial charge in [-0.1, -0.05) is 6.07 Å². The SMILES string of the molecule is Cn1cc(C2COC3(CCN(C(=O)c4cccs4)CC3)C2)cn1. The highest BCUT2D eigenvalue weighted by Crippen LogP contribution is 2.42. The van der Waals surface area contributed by atoms with Crippen LogP contribution in [0.4, 0.5) is 0 Å². The van der Waals surface area contributed by atoms with Crippen LogP contribution in [0, 0.1) is 0 Å². The first kappa shape index (κ1) is 14.9. The molecule has 2 aromatic heterocycles. The molecule has 2 fully saturated rings. The quantitative estimate of drug-likeness (QED) is 0.850. The zero-order valence-corrected chi connectivity index (χ0v) is 14.1. The van der Waals surface area contributed by atoms with Crippen LogP contribution in [0.2, 0.25) is 0 Å². The van der Waals surface area contributed by atoms with Crippen LogP contribution in [0.25, 0.3) is 0 Å². The molecule has 0 bridgehead atoms. The lowest BCUT2D eigenvalue weighted by atomic mass is 9.84. The van der Waals surface area contributed by atoms with E-state index in [0.29, 0.717) is 5.92 Å². The van der Waals surface area contributed by atoms with Gasteiger partial charge in [-0.2, -0.15) is 5.10 Å². The number of likely N-dealkylation sites (tertiary alicyclic amines) is 1. The Balaban J connectivity index is 1.39. The molecule has 1 amide bonds. The molecule has 4 heterocycles. The number of ether oxygens (including phenoxy) is 1. The zero-order valence-electron chi connectivity index (χ0n) is 13.3. The molecule has 4 rings (SSSR count). The Kier molecular flexibility index (Phi) is 3.73. The summed E-state index contributed by atoms with van der Waals surface area (Å²) < 4.78 is 8.05. The summed E-state index contributed by atoms with van der Waals surface area (Å²) in [6, 6.07) is 3.84. The van der Waals surface area contributed by atoms with E-state index in [1.165, 1.54) is 16.9 Å². The highest BCUT2D eigenvalue weighted by molar-refractivity contribution is 7.12. The highest BCUT2D eigenvalue weighted by Gasteiger charge is 2.44. The molecule has 2 aliphatic rings. The molecule has 122 valence electrons. The first-order chi connectivity index (χ1) is 11.2. The zero-order chi connectivity index (χ0) is 15.9. The van der Waals surface area contributed by atoms with Crippen molar-refractivity contribution < 1.29 is 9.53 Å². The normalized spacial score (nSPS) is 23.5. The van der Waals surface area contributed by atoms with E-state index in [1.54, 1.807) is 0 Å². The van der Waals surface area contributed by atoms with Crippen LogP contribution in [-0.2, 0) is 11.8 Å². The lowest BCUT2D eigenvalue weighted by Gasteiger charge is -2.38. The fraction of sp³-hybridized carbons (Fsp3) is 0.529. The van der Waals surface area contributed by atoms with Crippen LogP contribution < -0.4 is 0 Å². The van der Waals surface area contributed by atoms with Gasteiger partial charge >= 0.3 is 0 Å². The first-order valence-corrected chi connectivity index (χ1v) is 8.98. The first-order valence-electron chi connectivity index (χ1n) is 8.10. The van der Waals surface area contributed by atoms with E-state index in [1.807, 2.05) is 40.3 Å². The van der Waals surface area contributed by atoms with Gasteiger partial charge in [0.25, 0.3) is 5.91 Å². The van der Waals surface area contributed by atoms with E-state index in [-0.39, 0.29) is 11.5 Å². The van der Waals surface area contributed by atoms with Gasteiger partial charge in [-0.3, -0.25) is 9.48 Å². The van der Waals surface area contributed by atoms with Gasteiger partial charge in [0.2, 0.25) is 0 Å². The molecule has 6 heteroatoms. The maximum Gasteiger partial charge on any atom is 0.263 e. The Morgan fingerprint density at radius 2 is 2.26 bits per heavy atom. The molecule has 0 aliphatic carbocycles. The molecule has 2 aromatic rings. The predicted octanol–water partition coefficient (Wildman–Crippen LogP) is 2.66. The minimum Gasteiger partial charge on any atom is -0.374 e. The summed E-state index contributed by atoms with van der Waals surface area (Å²) in [6.07, 6.45) is 6.94. The van der Waals surface area contributed by atoms with Gasteiger partial charge in [0.15, 0.2) is 0 Å². The summed E-state index contributed by atoms with van der Waals surface area (Å²) >= 11 is 1.52. The maximum atomic E-state index is 12.4. The van der Waals surface area contributed by atoms with Crippen molar-refractivity contribution in [3.05, 3.63) is 40.3 Å². The average Bonchev–Trinajstić information content (AvgIpc) is 3.28. The van der Waals surface area contributed by atoms with Gasteiger partial charge in [0.1, 0.15) is 0 Å².